The molecule has 0 bridgehead atoms. The summed E-state index contributed by atoms with van der Waals surface area (Å²) in [5, 5.41) is 14.0. The molecule has 0 saturated heterocycles. The molecule has 3 aromatic rings. The molecule has 0 fully saturated rings. The van der Waals surface area contributed by atoms with Gasteiger partial charge < -0.3 is 9.84 Å². The molecular weight excluding hydrogens is 404 g/mol. The molecule has 0 radical (unpaired) electrons. The summed E-state index contributed by atoms with van der Waals surface area (Å²) in [5.41, 5.74) is 6.10. The van der Waals surface area contributed by atoms with Crippen molar-refractivity contribution in [3.8, 4) is 6.01 Å². The van der Waals surface area contributed by atoms with Gasteiger partial charge in [0.05, 0.1) is 25.3 Å². The van der Waals surface area contributed by atoms with Crippen LogP contribution in [0.4, 0.5) is 0 Å². The predicted octanol–water partition coefficient (Wildman–Crippen LogP) is 4.19. The summed E-state index contributed by atoms with van der Waals surface area (Å²) in [6, 6.07) is 8.74. The Bertz CT molecular complexity index is 1050. The van der Waals surface area contributed by atoms with Gasteiger partial charge in [-0.3, -0.25) is 9.48 Å². The van der Waals surface area contributed by atoms with Crippen LogP contribution >= 0.6 is 0 Å². The molecule has 1 aromatic carbocycles. The van der Waals surface area contributed by atoms with Crippen LogP contribution in [0.3, 0.4) is 0 Å². The number of aliphatic carboxylic acids is 1. The normalized spacial score (nSPS) is 14.4. The summed E-state index contributed by atoms with van der Waals surface area (Å²) < 4.78 is 6.70. The number of methoxy groups -OCH3 is 1. The Morgan fingerprint density at radius 3 is 2.62 bits per heavy atom. The standard InChI is InChI=1S/C25H30N4O3/c1-32-25-26-16-21(17-27-25)23(15-24(30)31)29-13-12-22(28-29)9-5-6-18-10-11-19-7-3-2-4-8-20(19)14-18/h10-14,16-17,23H,2-9,15H2,1H3,(H,30,31). The number of carboxylic acids is 1. The van der Waals surface area contributed by atoms with Crippen molar-refractivity contribution >= 4 is 5.97 Å². The highest BCUT2D eigenvalue weighted by molar-refractivity contribution is 5.68. The molecule has 0 spiro atoms. The summed E-state index contributed by atoms with van der Waals surface area (Å²) in [5.74, 6) is -0.897. The van der Waals surface area contributed by atoms with E-state index >= 15 is 0 Å². The Morgan fingerprint density at radius 2 is 1.88 bits per heavy atom. The fourth-order valence-electron chi connectivity index (χ4n) is 4.41. The highest BCUT2D eigenvalue weighted by Crippen LogP contribution is 2.24. The number of hydrogen-bond acceptors (Lipinski definition) is 5. The van der Waals surface area contributed by atoms with E-state index in [4.69, 9.17) is 4.74 Å². The van der Waals surface area contributed by atoms with Gasteiger partial charge in [0, 0.05) is 24.2 Å². The summed E-state index contributed by atoms with van der Waals surface area (Å²) in [7, 11) is 1.50. The lowest BCUT2D eigenvalue weighted by atomic mass is 9.97. The maximum Gasteiger partial charge on any atom is 0.316 e. The van der Waals surface area contributed by atoms with Crippen molar-refractivity contribution in [1.29, 1.82) is 0 Å². The Kier molecular flexibility index (Phi) is 7.14. The highest BCUT2D eigenvalue weighted by atomic mass is 16.5. The molecule has 7 heteroatoms. The summed E-state index contributed by atoms with van der Waals surface area (Å²) in [6.45, 7) is 0. The van der Waals surface area contributed by atoms with Crippen LogP contribution in [0.25, 0.3) is 0 Å². The summed E-state index contributed by atoms with van der Waals surface area (Å²) in [4.78, 5) is 19.7. The molecule has 32 heavy (non-hydrogen) atoms. The van der Waals surface area contributed by atoms with Crippen LogP contribution in [0.5, 0.6) is 6.01 Å². The minimum absolute atomic E-state index is 0.0913. The molecule has 0 saturated carbocycles. The molecule has 2 heterocycles. The monoisotopic (exact) mass is 434 g/mol. The van der Waals surface area contributed by atoms with Crippen molar-refractivity contribution < 1.29 is 14.6 Å². The average molecular weight is 435 g/mol. The van der Waals surface area contributed by atoms with Gasteiger partial charge in [-0.05, 0) is 67.7 Å². The van der Waals surface area contributed by atoms with Crippen molar-refractivity contribution in [3.63, 3.8) is 0 Å². The van der Waals surface area contributed by atoms with Crippen LogP contribution in [0.15, 0.2) is 42.9 Å². The molecule has 2 aromatic heterocycles. The van der Waals surface area contributed by atoms with Gasteiger partial charge in [-0.2, -0.15) is 5.10 Å². The number of nitrogens with zero attached hydrogens (tertiary/aromatic N) is 4. The maximum absolute atomic E-state index is 11.4. The van der Waals surface area contributed by atoms with Crippen LogP contribution in [0.2, 0.25) is 0 Å². The highest BCUT2D eigenvalue weighted by Gasteiger charge is 2.20. The molecule has 0 amide bonds. The number of rotatable bonds is 9. The van der Waals surface area contributed by atoms with Gasteiger partial charge in [-0.15, -0.1) is 0 Å². The minimum atomic E-state index is -0.897. The second kappa shape index (κ2) is 10.4. The fraction of sp³-hybridized carbons (Fsp3) is 0.440. The van der Waals surface area contributed by atoms with E-state index in [1.165, 1.54) is 55.9 Å². The quantitative estimate of drug-likeness (QED) is 0.508. The van der Waals surface area contributed by atoms with Crippen molar-refractivity contribution in [3.05, 3.63) is 70.8 Å². The first-order valence-corrected chi connectivity index (χ1v) is 11.3. The van der Waals surface area contributed by atoms with Crippen molar-refractivity contribution in [2.45, 2.75) is 63.8 Å². The third-order valence-corrected chi connectivity index (χ3v) is 6.13. The van der Waals surface area contributed by atoms with Crippen molar-refractivity contribution in [1.82, 2.24) is 19.7 Å². The maximum atomic E-state index is 11.4. The van der Waals surface area contributed by atoms with Gasteiger partial charge in [0.1, 0.15) is 0 Å². The lowest BCUT2D eigenvalue weighted by molar-refractivity contribution is -0.137. The SMILES string of the molecule is COc1ncc(C(CC(=O)O)n2ccc(CCCc3ccc4c(c3)CCCCC4)n2)cn1. The summed E-state index contributed by atoms with van der Waals surface area (Å²) >= 11 is 0. The zero-order valence-corrected chi connectivity index (χ0v) is 18.5. The Hall–Kier alpha value is -3.22. The van der Waals surface area contributed by atoms with Gasteiger partial charge in [0.2, 0.25) is 0 Å². The van der Waals surface area contributed by atoms with Crippen LogP contribution in [-0.2, 0) is 30.5 Å². The Morgan fingerprint density at radius 1 is 1.09 bits per heavy atom. The third kappa shape index (κ3) is 5.52. The van der Waals surface area contributed by atoms with E-state index in [2.05, 4.69) is 33.3 Å². The number of aryl methyl sites for hydroxylation is 4. The molecule has 1 aliphatic carbocycles. The first-order chi connectivity index (χ1) is 15.6. The van der Waals surface area contributed by atoms with E-state index < -0.39 is 12.0 Å². The van der Waals surface area contributed by atoms with Gasteiger partial charge in [0.25, 0.3) is 0 Å². The molecule has 7 nitrogen and oxygen atoms in total. The zero-order chi connectivity index (χ0) is 22.3. The average Bonchev–Trinajstić information content (AvgIpc) is 3.14. The lowest BCUT2D eigenvalue weighted by Crippen LogP contribution is -2.16. The molecule has 168 valence electrons. The Labute approximate surface area is 188 Å². The van der Waals surface area contributed by atoms with Gasteiger partial charge >= 0.3 is 12.0 Å². The smallest absolute Gasteiger partial charge is 0.316 e. The van der Waals surface area contributed by atoms with E-state index in [0.29, 0.717) is 5.56 Å². The molecule has 4 rings (SSSR count). The van der Waals surface area contributed by atoms with Gasteiger partial charge in [-0.1, -0.05) is 24.6 Å². The second-order valence-electron chi connectivity index (χ2n) is 8.42. The topological polar surface area (TPSA) is 90.1 Å². The van der Waals surface area contributed by atoms with Crippen LogP contribution in [-0.4, -0.2) is 37.9 Å². The van der Waals surface area contributed by atoms with E-state index in [9.17, 15) is 9.90 Å². The van der Waals surface area contributed by atoms with Crippen molar-refractivity contribution in [2.24, 2.45) is 0 Å². The van der Waals surface area contributed by atoms with Gasteiger partial charge in [-0.25, -0.2) is 9.97 Å². The second-order valence-corrected chi connectivity index (χ2v) is 8.42. The van der Waals surface area contributed by atoms with E-state index in [1.54, 1.807) is 17.1 Å². The number of ether oxygens (including phenoxy) is 1. The molecule has 0 aliphatic heterocycles. The number of benzene rings is 1. The molecule has 1 unspecified atom stereocenters. The number of fused-ring (bicyclic) bond motifs is 1. The number of hydrogen-bond donors (Lipinski definition) is 1. The fourth-order valence-corrected chi connectivity index (χ4v) is 4.41. The van der Waals surface area contributed by atoms with Crippen LogP contribution in [0.1, 0.15) is 66.1 Å². The van der Waals surface area contributed by atoms with Crippen LogP contribution in [0, 0.1) is 0 Å². The number of aromatic nitrogens is 4. The van der Waals surface area contributed by atoms with Crippen LogP contribution < -0.4 is 4.74 Å². The van der Waals surface area contributed by atoms with E-state index in [-0.39, 0.29) is 12.4 Å². The first kappa shape index (κ1) is 22.0. The first-order valence-electron chi connectivity index (χ1n) is 11.3. The predicted molar refractivity (Wildman–Crippen MR) is 121 cm³/mol. The molecule has 1 N–H and O–H groups in total. The number of carboxylic acid groups (broad SMARTS) is 1. The lowest BCUT2D eigenvalue weighted by Gasteiger charge is -2.15. The minimum Gasteiger partial charge on any atom is -0.481 e. The van der Waals surface area contributed by atoms with E-state index in [1.807, 2.05) is 12.3 Å². The van der Waals surface area contributed by atoms with E-state index in [0.717, 1.165) is 25.0 Å². The number of carbonyl (C=O) groups is 1. The molecular formula is C25H30N4O3. The van der Waals surface area contributed by atoms with Crippen molar-refractivity contribution in [2.75, 3.05) is 7.11 Å². The third-order valence-electron chi connectivity index (χ3n) is 6.13. The molecule has 1 aliphatic rings. The van der Waals surface area contributed by atoms with Gasteiger partial charge in [0.15, 0.2) is 0 Å². The summed E-state index contributed by atoms with van der Waals surface area (Å²) in [6.07, 6.45) is 14.2. The zero-order valence-electron chi connectivity index (χ0n) is 18.5. The Balaban J connectivity index is 1.39. The molecule has 1 atom stereocenters. The largest absolute Gasteiger partial charge is 0.481 e.